The molecule has 3 rings (SSSR count). The standard InChI is InChI=1S/C23H36N4O2/c1-17(24-2)22(28)26-21(19-11-7-4-8-12-19)23(29)25-20-13-14-27(16-20)15-18-9-5-3-6-10-18/h3,5-6,9-10,17,19-21,24H,4,7-8,11-16H2,1-2H3,(H,25,29)(H,26,28)/t17-,20-,21-/m0/s1. The van der Waals surface area contributed by atoms with Gasteiger partial charge in [-0.25, -0.2) is 0 Å². The van der Waals surface area contributed by atoms with Gasteiger partial charge in [-0.15, -0.1) is 0 Å². The third-order valence-electron chi connectivity index (χ3n) is 6.40. The van der Waals surface area contributed by atoms with Gasteiger partial charge in [-0.2, -0.15) is 0 Å². The monoisotopic (exact) mass is 400 g/mol. The highest BCUT2D eigenvalue weighted by Gasteiger charge is 2.34. The summed E-state index contributed by atoms with van der Waals surface area (Å²) in [6, 6.07) is 9.86. The number of carbonyl (C=O) groups excluding carboxylic acids is 2. The molecule has 2 amide bonds. The summed E-state index contributed by atoms with van der Waals surface area (Å²) in [5.41, 5.74) is 1.30. The second-order valence-electron chi connectivity index (χ2n) is 8.61. The van der Waals surface area contributed by atoms with Crippen molar-refractivity contribution >= 4 is 11.8 Å². The van der Waals surface area contributed by atoms with Crippen LogP contribution in [0.4, 0.5) is 0 Å². The van der Waals surface area contributed by atoms with Crippen molar-refractivity contribution in [2.75, 3.05) is 20.1 Å². The number of benzene rings is 1. The molecule has 1 saturated heterocycles. The van der Waals surface area contributed by atoms with Gasteiger partial charge in [0, 0.05) is 25.7 Å². The normalized spacial score (nSPS) is 22.8. The molecular formula is C23H36N4O2. The van der Waals surface area contributed by atoms with Crippen LogP contribution >= 0.6 is 0 Å². The molecule has 0 spiro atoms. The minimum absolute atomic E-state index is 0.0138. The summed E-state index contributed by atoms with van der Waals surface area (Å²) < 4.78 is 0. The number of hydrogen-bond donors (Lipinski definition) is 3. The number of nitrogens with zero attached hydrogens (tertiary/aromatic N) is 1. The van der Waals surface area contributed by atoms with E-state index in [2.05, 4.69) is 45.1 Å². The number of likely N-dealkylation sites (N-methyl/N-ethyl adjacent to an activating group) is 1. The van der Waals surface area contributed by atoms with Crippen LogP contribution in [0.5, 0.6) is 0 Å². The molecule has 6 heteroatoms. The lowest BCUT2D eigenvalue weighted by molar-refractivity contribution is -0.131. The molecule has 3 atom stereocenters. The third-order valence-corrected chi connectivity index (χ3v) is 6.40. The van der Waals surface area contributed by atoms with E-state index in [0.29, 0.717) is 0 Å². The summed E-state index contributed by atoms with van der Waals surface area (Å²) in [4.78, 5) is 28.0. The van der Waals surface area contributed by atoms with Gasteiger partial charge in [0.2, 0.25) is 11.8 Å². The molecule has 1 saturated carbocycles. The van der Waals surface area contributed by atoms with E-state index in [9.17, 15) is 9.59 Å². The van der Waals surface area contributed by atoms with Crippen molar-refractivity contribution in [3.63, 3.8) is 0 Å². The Hall–Kier alpha value is -1.92. The highest BCUT2D eigenvalue weighted by Crippen LogP contribution is 2.27. The predicted molar refractivity (Wildman–Crippen MR) is 115 cm³/mol. The van der Waals surface area contributed by atoms with E-state index >= 15 is 0 Å². The van der Waals surface area contributed by atoms with Gasteiger partial charge < -0.3 is 16.0 Å². The molecule has 1 aromatic carbocycles. The molecule has 29 heavy (non-hydrogen) atoms. The highest BCUT2D eigenvalue weighted by molar-refractivity contribution is 5.90. The average Bonchev–Trinajstić information content (AvgIpc) is 3.19. The Morgan fingerprint density at radius 1 is 1.07 bits per heavy atom. The molecule has 1 heterocycles. The smallest absolute Gasteiger partial charge is 0.243 e. The molecule has 160 valence electrons. The number of hydrogen-bond acceptors (Lipinski definition) is 4. The lowest BCUT2D eigenvalue weighted by Crippen LogP contribution is -2.56. The second kappa shape index (κ2) is 10.7. The molecule has 1 aliphatic heterocycles. The number of likely N-dealkylation sites (tertiary alicyclic amines) is 1. The van der Waals surface area contributed by atoms with Gasteiger partial charge in [-0.05, 0) is 44.7 Å². The van der Waals surface area contributed by atoms with Crippen molar-refractivity contribution in [2.45, 2.75) is 70.1 Å². The maximum Gasteiger partial charge on any atom is 0.243 e. The Bertz CT molecular complexity index is 660. The molecule has 0 radical (unpaired) electrons. The van der Waals surface area contributed by atoms with E-state index in [0.717, 1.165) is 51.7 Å². The van der Waals surface area contributed by atoms with Crippen LogP contribution in [0.15, 0.2) is 30.3 Å². The zero-order valence-corrected chi connectivity index (χ0v) is 17.8. The van der Waals surface area contributed by atoms with Crippen molar-refractivity contribution in [3.05, 3.63) is 35.9 Å². The first kappa shape index (κ1) is 21.8. The zero-order chi connectivity index (χ0) is 20.6. The Kier molecular flexibility index (Phi) is 8.07. The molecular weight excluding hydrogens is 364 g/mol. The fraction of sp³-hybridized carbons (Fsp3) is 0.652. The lowest BCUT2D eigenvalue weighted by atomic mass is 9.83. The Morgan fingerprint density at radius 2 is 1.79 bits per heavy atom. The number of amides is 2. The van der Waals surface area contributed by atoms with Crippen molar-refractivity contribution in [3.8, 4) is 0 Å². The van der Waals surface area contributed by atoms with Crippen LogP contribution < -0.4 is 16.0 Å². The first-order chi connectivity index (χ1) is 14.1. The molecule has 2 fully saturated rings. The summed E-state index contributed by atoms with van der Waals surface area (Å²) in [6.45, 7) is 4.58. The van der Waals surface area contributed by atoms with Crippen LogP contribution in [-0.2, 0) is 16.1 Å². The molecule has 0 unspecified atom stereocenters. The maximum atomic E-state index is 13.1. The first-order valence-corrected chi connectivity index (χ1v) is 11.1. The maximum absolute atomic E-state index is 13.1. The van der Waals surface area contributed by atoms with E-state index in [1.165, 1.54) is 12.0 Å². The van der Waals surface area contributed by atoms with Gasteiger partial charge in [0.05, 0.1) is 6.04 Å². The zero-order valence-electron chi connectivity index (χ0n) is 17.8. The van der Waals surface area contributed by atoms with Gasteiger partial charge >= 0.3 is 0 Å². The summed E-state index contributed by atoms with van der Waals surface area (Å²) >= 11 is 0. The molecule has 3 N–H and O–H groups in total. The van der Waals surface area contributed by atoms with Crippen LogP contribution in [0.1, 0.15) is 51.0 Å². The lowest BCUT2D eigenvalue weighted by Gasteiger charge is -2.31. The van der Waals surface area contributed by atoms with Crippen molar-refractivity contribution in [1.29, 1.82) is 0 Å². The number of rotatable bonds is 8. The summed E-state index contributed by atoms with van der Waals surface area (Å²) in [7, 11) is 1.76. The van der Waals surface area contributed by atoms with Gasteiger partial charge in [0.25, 0.3) is 0 Å². The van der Waals surface area contributed by atoms with Gasteiger partial charge in [0.15, 0.2) is 0 Å². The predicted octanol–water partition coefficient (Wildman–Crippen LogP) is 2.05. The van der Waals surface area contributed by atoms with E-state index in [1.54, 1.807) is 7.05 Å². The second-order valence-corrected chi connectivity index (χ2v) is 8.61. The molecule has 1 aromatic rings. The topological polar surface area (TPSA) is 73.5 Å². The van der Waals surface area contributed by atoms with Crippen molar-refractivity contribution in [1.82, 2.24) is 20.9 Å². The molecule has 0 bridgehead atoms. The Labute approximate surface area is 174 Å². The molecule has 6 nitrogen and oxygen atoms in total. The first-order valence-electron chi connectivity index (χ1n) is 11.1. The summed E-state index contributed by atoms with van der Waals surface area (Å²) in [5.74, 6) is 0.119. The minimum atomic E-state index is -0.429. The Balaban J connectivity index is 1.56. The van der Waals surface area contributed by atoms with E-state index in [1.807, 2.05) is 13.0 Å². The highest BCUT2D eigenvalue weighted by atomic mass is 16.2. The van der Waals surface area contributed by atoms with E-state index in [-0.39, 0.29) is 29.8 Å². The van der Waals surface area contributed by atoms with Crippen LogP contribution in [0, 0.1) is 5.92 Å². The van der Waals surface area contributed by atoms with Gasteiger partial charge in [-0.1, -0.05) is 49.6 Å². The van der Waals surface area contributed by atoms with Crippen LogP contribution in [-0.4, -0.2) is 55.0 Å². The fourth-order valence-corrected chi connectivity index (χ4v) is 4.50. The molecule has 2 aliphatic rings. The van der Waals surface area contributed by atoms with Crippen molar-refractivity contribution < 1.29 is 9.59 Å². The molecule has 1 aliphatic carbocycles. The molecule has 0 aromatic heterocycles. The number of nitrogens with one attached hydrogen (secondary N) is 3. The van der Waals surface area contributed by atoms with Gasteiger partial charge in [0.1, 0.15) is 6.04 Å². The van der Waals surface area contributed by atoms with Gasteiger partial charge in [-0.3, -0.25) is 14.5 Å². The Morgan fingerprint density at radius 3 is 2.48 bits per heavy atom. The van der Waals surface area contributed by atoms with E-state index < -0.39 is 6.04 Å². The largest absolute Gasteiger partial charge is 0.350 e. The van der Waals surface area contributed by atoms with Crippen molar-refractivity contribution in [2.24, 2.45) is 5.92 Å². The summed E-state index contributed by atoms with van der Waals surface area (Å²) in [5, 5.41) is 9.24. The minimum Gasteiger partial charge on any atom is -0.350 e. The fourth-order valence-electron chi connectivity index (χ4n) is 4.50. The average molecular weight is 401 g/mol. The van der Waals surface area contributed by atoms with Crippen LogP contribution in [0.3, 0.4) is 0 Å². The van der Waals surface area contributed by atoms with E-state index in [4.69, 9.17) is 0 Å². The van der Waals surface area contributed by atoms with Crippen LogP contribution in [0.25, 0.3) is 0 Å². The quantitative estimate of drug-likeness (QED) is 0.624. The summed E-state index contributed by atoms with van der Waals surface area (Å²) in [6.07, 6.45) is 6.48. The third kappa shape index (κ3) is 6.28. The van der Waals surface area contributed by atoms with Crippen LogP contribution in [0.2, 0.25) is 0 Å². The number of carbonyl (C=O) groups is 2. The SMILES string of the molecule is CN[C@@H](C)C(=O)N[C@H](C(=O)N[C@H]1CCN(Cc2ccccc2)C1)C1CCCCC1.